The van der Waals surface area contributed by atoms with Crippen molar-refractivity contribution in [1.29, 1.82) is 0 Å². The zero-order chi connectivity index (χ0) is 33.3. The van der Waals surface area contributed by atoms with Gasteiger partial charge in [-0.1, -0.05) is 42.5 Å². The minimum atomic E-state index is -0.632. The molecule has 0 aromatic heterocycles. The van der Waals surface area contributed by atoms with E-state index in [0.717, 1.165) is 0 Å². The number of para-hydroxylation sites is 1. The van der Waals surface area contributed by atoms with E-state index >= 15 is 0 Å². The predicted octanol–water partition coefficient (Wildman–Crippen LogP) is 5.35. The number of benzene rings is 4. The van der Waals surface area contributed by atoms with Crippen LogP contribution in [0, 0.1) is 10.1 Å². The maximum atomic E-state index is 13.4. The van der Waals surface area contributed by atoms with E-state index in [1.807, 2.05) is 6.07 Å². The minimum absolute atomic E-state index is 0.0317. The summed E-state index contributed by atoms with van der Waals surface area (Å²) in [6.45, 7) is 1.71. The van der Waals surface area contributed by atoms with E-state index in [1.54, 1.807) is 85.8 Å². The molecule has 3 N–H and O–H groups in total. The number of nitrogens with zero attached hydrogens (tertiary/aromatic N) is 3. The van der Waals surface area contributed by atoms with Gasteiger partial charge in [0.05, 0.1) is 22.3 Å². The number of nitro benzene ring substituents is 1. The SMILES string of the molecule is CC(Sc1cccc(NC(=O)/C(=C\c2ccc([N+](=O)[O-])cc2)NC(=O)c2ccccc2)c1)C(=O)NC1=NN(c2ccccc2)C(=O)C1. The van der Waals surface area contributed by atoms with Crippen LogP contribution in [0.5, 0.6) is 0 Å². The van der Waals surface area contributed by atoms with Crippen molar-refractivity contribution in [3.63, 3.8) is 0 Å². The van der Waals surface area contributed by atoms with Gasteiger partial charge in [0, 0.05) is 28.3 Å². The first-order valence-corrected chi connectivity index (χ1v) is 15.2. The summed E-state index contributed by atoms with van der Waals surface area (Å²) in [6.07, 6.45) is 1.39. The van der Waals surface area contributed by atoms with Crippen LogP contribution in [-0.2, 0) is 14.4 Å². The molecule has 1 heterocycles. The predicted molar refractivity (Wildman–Crippen MR) is 179 cm³/mol. The van der Waals surface area contributed by atoms with Crippen LogP contribution >= 0.6 is 11.8 Å². The number of hydrogen-bond acceptors (Lipinski definition) is 8. The van der Waals surface area contributed by atoms with Gasteiger partial charge in [-0.15, -0.1) is 11.8 Å². The molecule has 12 nitrogen and oxygen atoms in total. The fraction of sp³-hybridized carbons (Fsp3) is 0.0882. The van der Waals surface area contributed by atoms with Gasteiger partial charge in [-0.2, -0.15) is 10.1 Å². The van der Waals surface area contributed by atoms with E-state index in [2.05, 4.69) is 21.1 Å². The summed E-state index contributed by atoms with van der Waals surface area (Å²) in [5, 5.41) is 24.1. The Morgan fingerprint density at radius 2 is 1.60 bits per heavy atom. The van der Waals surface area contributed by atoms with E-state index in [1.165, 1.54) is 47.1 Å². The molecule has 0 saturated carbocycles. The van der Waals surface area contributed by atoms with Gasteiger partial charge in [0.25, 0.3) is 23.4 Å². The number of thioether (sulfide) groups is 1. The summed E-state index contributed by atoms with van der Waals surface area (Å²) < 4.78 is 0. The summed E-state index contributed by atoms with van der Waals surface area (Å²) in [7, 11) is 0. The zero-order valence-corrected chi connectivity index (χ0v) is 25.8. The number of hydrazone groups is 1. The van der Waals surface area contributed by atoms with Crippen LogP contribution in [-0.4, -0.2) is 39.6 Å². The summed E-state index contributed by atoms with van der Waals surface area (Å²) in [5.74, 6) is -1.49. The van der Waals surface area contributed by atoms with Crippen LogP contribution in [0.4, 0.5) is 17.1 Å². The summed E-state index contributed by atoms with van der Waals surface area (Å²) >= 11 is 1.24. The third-order valence-electron chi connectivity index (χ3n) is 6.76. The largest absolute Gasteiger partial charge is 0.321 e. The molecule has 1 atom stereocenters. The Bertz CT molecular complexity index is 1880. The first kappa shape index (κ1) is 32.3. The van der Waals surface area contributed by atoms with Crippen LogP contribution < -0.4 is 21.0 Å². The molecule has 0 saturated heterocycles. The molecule has 13 heteroatoms. The van der Waals surface area contributed by atoms with Gasteiger partial charge in [0.15, 0.2) is 0 Å². The Morgan fingerprint density at radius 3 is 2.28 bits per heavy atom. The lowest BCUT2D eigenvalue weighted by molar-refractivity contribution is -0.384. The van der Waals surface area contributed by atoms with Crippen molar-refractivity contribution in [2.75, 3.05) is 10.3 Å². The average Bonchev–Trinajstić information content (AvgIpc) is 3.44. The highest BCUT2D eigenvalue weighted by Crippen LogP contribution is 2.27. The van der Waals surface area contributed by atoms with Crippen LogP contribution in [0.1, 0.15) is 29.3 Å². The van der Waals surface area contributed by atoms with Crippen LogP contribution in [0.25, 0.3) is 6.08 Å². The number of amidine groups is 1. The number of carbonyl (C=O) groups excluding carboxylic acids is 4. The molecule has 1 aliphatic rings. The van der Waals surface area contributed by atoms with E-state index < -0.39 is 22.0 Å². The molecule has 4 amide bonds. The number of hydrogen-bond donors (Lipinski definition) is 3. The third kappa shape index (κ3) is 8.55. The van der Waals surface area contributed by atoms with Crippen molar-refractivity contribution < 1.29 is 24.1 Å². The van der Waals surface area contributed by atoms with Crippen molar-refractivity contribution >= 4 is 64.4 Å². The van der Waals surface area contributed by atoms with Gasteiger partial charge in [-0.05, 0) is 73.2 Å². The molecule has 4 aromatic carbocycles. The zero-order valence-electron chi connectivity index (χ0n) is 25.0. The topological polar surface area (TPSA) is 163 Å². The van der Waals surface area contributed by atoms with E-state index in [9.17, 15) is 29.3 Å². The molecule has 47 heavy (non-hydrogen) atoms. The van der Waals surface area contributed by atoms with Gasteiger partial charge < -0.3 is 16.0 Å². The normalized spacial score (nSPS) is 13.4. The van der Waals surface area contributed by atoms with E-state index in [-0.39, 0.29) is 35.5 Å². The number of nitrogens with one attached hydrogen (secondary N) is 3. The molecular formula is C34H28N6O6S. The van der Waals surface area contributed by atoms with E-state index in [0.29, 0.717) is 27.4 Å². The molecule has 0 radical (unpaired) electrons. The van der Waals surface area contributed by atoms with Crippen molar-refractivity contribution in [1.82, 2.24) is 10.6 Å². The Labute approximate surface area is 273 Å². The lowest BCUT2D eigenvalue weighted by Crippen LogP contribution is -2.35. The van der Waals surface area contributed by atoms with E-state index in [4.69, 9.17) is 0 Å². The second-order valence-electron chi connectivity index (χ2n) is 10.2. The molecule has 1 unspecified atom stereocenters. The smallest absolute Gasteiger partial charge is 0.272 e. The van der Waals surface area contributed by atoms with Crippen molar-refractivity contribution in [2.24, 2.45) is 5.10 Å². The molecule has 0 bridgehead atoms. The number of carbonyl (C=O) groups is 4. The fourth-order valence-electron chi connectivity index (χ4n) is 4.42. The lowest BCUT2D eigenvalue weighted by atomic mass is 10.1. The van der Waals surface area contributed by atoms with Crippen LogP contribution in [0.15, 0.2) is 125 Å². The van der Waals surface area contributed by atoms with Crippen molar-refractivity contribution in [3.8, 4) is 0 Å². The first-order chi connectivity index (χ1) is 22.7. The molecule has 236 valence electrons. The quantitative estimate of drug-likeness (QED) is 0.0903. The average molecular weight is 649 g/mol. The number of amides is 4. The molecular weight excluding hydrogens is 620 g/mol. The van der Waals surface area contributed by atoms with Gasteiger partial charge in [0.1, 0.15) is 11.5 Å². The monoisotopic (exact) mass is 648 g/mol. The van der Waals surface area contributed by atoms with Crippen molar-refractivity contribution in [2.45, 2.75) is 23.5 Å². The second-order valence-corrected chi connectivity index (χ2v) is 11.6. The standard InChI is InChI=1S/C34H28N6O6S/c1-22(32(42)37-30-21-31(41)39(38-30)26-12-6-3-7-13-26)47-28-14-8-11-25(20-28)35-34(44)29(36-33(43)24-9-4-2-5-10-24)19-23-15-17-27(18-16-23)40(45)46/h2-20,22H,21H2,1H3,(H,35,44)(H,36,43)(H,37,38,42)/b29-19+. The molecule has 1 aliphatic heterocycles. The lowest BCUT2D eigenvalue weighted by Gasteiger charge is -2.14. The van der Waals surface area contributed by atoms with Crippen molar-refractivity contribution in [3.05, 3.63) is 136 Å². The summed E-state index contributed by atoms with van der Waals surface area (Å²) in [4.78, 5) is 63.0. The number of nitro groups is 1. The fourth-order valence-corrected chi connectivity index (χ4v) is 5.34. The summed E-state index contributed by atoms with van der Waals surface area (Å²) in [6, 6.07) is 29.6. The molecule has 0 aliphatic carbocycles. The number of non-ortho nitro benzene ring substituents is 1. The van der Waals surface area contributed by atoms with Gasteiger partial charge in [-0.25, -0.2) is 0 Å². The Balaban J connectivity index is 1.26. The number of anilines is 2. The van der Waals surface area contributed by atoms with Gasteiger partial charge in [0.2, 0.25) is 5.91 Å². The van der Waals surface area contributed by atoms with Crippen LogP contribution in [0.2, 0.25) is 0 Å². The highest BCUT2D eigenvalue weighted by molar-refractivity contribution is 8.00. The second kappa shape index (κ2) is 14.8. The maximum absolute atomic E-state index is 13.4. The molecule has 0 spiro atoms. The summed E-state index contributed by atoms with van der Waals surface area (Å²) in [5.41, 5.74) is 1.60. The minimum Gasteiger partial charge on any atom is -0.321 e. The molecule has 4 aromatic rings. The molecule has 0 fully saturated rings. The maximum Gasteiger partial charge on any atom is 0.272 e. The first-order valence-electron chi connectivity index (χ1n) is 14.3. The Hall–Kier alpha value is -6.08. The Kier molecular flexibility index (Phi) is 10.2. The number of rotatable bonds is 10. The Morgan fingerprint density at radius 1 is 0.915 bits per heavy atom. The van der Waals surface area contributed by atoms with Crippen LogP contribution in [0.3, 0.4) is 0 Å². The van der Waals surface area contributed by atoms with Gasteiger partial charge in [-0.3, -0.25) is 29.3 Å². The highest BCUT2D eigenvalue weighted by atomic mass is 32.2. The highest BCUT2D eigenvalue weighted by Gasteiger charge is 2.27. The third-order valence-corrected chi connectivity index (χ3v) is 7.86. The van der Waals surface area contributed by atoms with Gasteiger partial charge >= 0.3 is 0 Å². The molecule has 5 rings (SSSR count).